The lowest BCUT2D eigenvalue weighted by Crippen LogP contribution is -2.53. The molecule has 0 radical (unpaired) electrons. The van der Waals surface area contributed by atoms with Gasteiger partial charge in [0.1, 0.15) is 5.75 Å². The minimum absolute atomic E-state index is 0.0209. The minimum atomic E-state index is -0.921. The van der Waals surface area contributed by atoms with Gasteiger partial charge in [0, 0.05) is 19.5 Å². The molecule has 27 heavy (non-hydrogen) atoms. The number of hydrogen-bond donors (Lipinski definition) is 1. The second-order valence-corrected chi connectivity index (χ2v) is 7.37. The molecule has 1 aromatic rings. The molecule has 0 aromatic heterocycles. The Labute approximate surface area is 162 Å². The minimum Gasteiger partial charge on any atom is -0.476 e. The lowest BCUT2D eigenvalue weighted by atomic mass is 10.0. The topological polar surface area (TPSA) is 61.9 Å². The Kier molecular flexibility index (Phi) is 7.66. The van der Waals surface area contributed by atoms with Gasteiger partial charge < -0.3 is 19.9 Å². The molecular formula is C21H33N3O3. The summed E-state index contributed by atoms with van der Waals surface area (Å²) in [4.78, 5) is 28.9. The van der Waals surface area contributed by atoms with Crippen molar-refractivity contribution >= 4 is 17.5 Å². The first-order valence-corrected chi connectivity index (χ1v) is 9.98. The van der Waals surface area contributed by atoms with Crippen molar-refractivity contribution in [3.63, 3.8) is 0 Å². The molecule has 0 atom stereocenters. The number of hydrogen-bond acceptors (Lipinski definition) is 4. The van der Waals surface area contributed by atoms with Gasteiger partial charge in [-0.25, -0.2) is 0 Å². The summed E-state index contributed by atoms with van der Waals surface area (Å²) in [7, 11) is 0. The Hall–Kier alpha value is -2.08. The summed E-state index contributed by atoms with van der Waals surface area (Å²) < 4.78 is 5.80. The van der Waals surface area contributed by atoms with Gasteiger partial charge in [-0.2, -0.15) is 0 Å². The van der Waals surface area contributed by atoms with Gasteiger partial charge in [0.05, 0.1) is 5.69 Å². The molecule has 0 aliphatic carbocycles. The number of benzene rings is 1. The zero-order valence-electron chi connectivity index (χ0n) is 17.1. The van der Waals surface area contributed by atoms with Crippen molar-refractivity contribution < 1.29 is 14.3 Å². The predicted octanol–water partition coefficient (Wildman–Crippen LogP) is 2.82. The first kappa shape index (κ1) is 21.2. The third-order valence-electron chi connectivity index (χ3n) is 4.96. The number of rotatable bonds is 10. The number of unbranched alkanes of at least 4 members (excludes halogenated alkanes) is 1. The van der Waals surface area contributed by atoms with Gasteiger partial charge in [0.15, 0.2) is 5.60 Å². The van der Waals surface area contributed by atoms with Crippen LogP contribution < -0.4 is 15.0 Å². The number of para-hydroxylation sites is 2. The molecule has 0 unspecified atom stereocenters. The zero-order valence-corrected chi connectivity index (χ0v) is 17.1. The Morgan fingerprint density at radius 2 is 1.89 bits per heavy atom. The third kappa shape index (κ3) is 5.70. The average molecular weight is 376 g/mol. The Morgan fingerprint density at radius 3 is 2.59 bits per heavy atom. The van der Waals surface area contributed by atoms with E-state index >= 15 is 0 Å². The molecule has 2 amide bonds. The van der Waals surface area contributed by atoms with Crippen LogP contribution in [0.3, 0.4) is 0 Å². The summed E-state index contributed by atoms with van der Waals surface area (Å²) >= 11 is 0. The SMILES string of the molecule is CCN(CC)CCCCNC(=O)CCN1C(=O)C(C)(C)Oc2ccccc21. The van der Waals surface area contributed by atoms with Crippen LogP contribution >= 0.6 is 0 Å². The fourth-order valence-corrected chi connectivity index (χ4v) is 3.27. The Balaban J connectivity index is 1.80. The van der Waals surface area contributed by atoms with E-state index in [2.05, 4.69) is 24.1 Å². The third-order valence-corrected chi connectivity index (χ3v) is 4.96. The van der Waals surface area contributed by atoms with Crippen molar-refractivity contribution in [2.75, 3.05) is 37.6 Å². The van der Waals surface area contributed by atoms with Gasteiger partial charge in [0.2, 0.25) is 5.91 Å². The van der Waals surface area contributed by atoms with Crippen molar-refractivity contribution in [3.05, 3.63) is 24.3 Å². The number of fused-ring (bicyclic) bond motifs is 1. The fraction of sp³-hybridized carbons (Fsp3) is 0.619. The highest BCUT2D eigenvalue weighted by atomic mass is 16.5. The van der Waals surface area contributed by atoms with Crippen LogP contribution in [0.4, 0.5) is 5.69 Å². The summed E-state index contributed by atoms with van der Waals surface area (Å²) in [5.74, 6) is 0.541. The van der Waals surface area contributed by atoms with Crippen molar-refractivity contribution in [1.82, 2.24) is 10.2 Å². The molecule has 0 fully saturated rings. The number of anilines is 1. The highest BCUT2D eigenvalue weighted by Crippen LogP contribution is 2.37. The van der Waals surface area contributed by atoms with Gasteiger partial charge in [-0.15, -0.1) is 0 Å². The van der Waals surface area contributed by atoms with Gasteiger partial charge in [-0.1, -0.05) is 26.0 Å². The molecule has 150 valence electrons. The Bertz CT molecular complexity index is 641. The van der Waals surface area contributed by atoms with Crippen molar-refractivity contribution in [1.29, 1.82) is 0 Å². The predicted molar refractivity (Wildman–Crippen MR) is 108 cm³/mol. The van der Waals surface area contributed by atoms with Crippen molar-refractivity contribution in [3.8, 4) is 5.75 Å². The van der Waals surface area contributed by atoms with Gasteiger partial charge >= 0.3 is 0 Å². The molecule has 1 N–H and O–H groups in total. The smallest absolute Gasteiger partial charge is 0.270 e. The lowest BCUT2D eigenvalue weighted by Gasteiger charge is -2.38. The Morgan fingerprint density at radius 1 is 1.19 bits per heavy atom. The van der Waals surface area contributed by atoms with Gasteiger partial charge in [0.25, 0.3) is 5.91 Å². The summed E-state index contributed by atoms with van der Waals surface area (Å²) in [5.41, 5.74) is -0.191. The highest BCUT2D eigenvalue weighted by molar-refractivity contribution is 6.02. The van der Waals surface area contributed by atoms with E-state index in [4.69, 9.17) is 4.74 Å². The highest BCUT2D eigenvalue weighted by Gasteiger charge is 2.40. The molecule has 0 saturated carbocycles. The van der Waals surface area contributed by atoms with E-state index in [1.54, 1.807) is 18.7 Å². The second-order valence-electron chi connectivity index (χ2n) is 7.37. The molecule has 6 heteroatoms. The molecule has 1 heterocycles. The molecule has 2 rings (SSSR count). The van der Waals surface area contributed by atoms with Crippen LogP contribution in [0, 0.1) is 0 Å². The number of nitrogens with zero attached hydrogens (tertiary/aromatic N) is 2. The van der Waals surface area contributed by atoms with E-state index in [0.29, 0.717) is 18.8 Å². The molecule has 1 aliphatic rings. The van der Waals surface area contributed by atoms with Crippen LogP contribution in [0.5, 0.6) is 5.75 Å². The van der Waals surface area contributed by atoms with Crippen LogP contribution in [0.2, 0.25) is 0 Å². The van der Waals surface area contributed by atoms with Crippen LogP contribution in [0.25, 0.3) is 0 Å². The van der Waals surface area contributed by atoms with Crippen LogP contribution in [0.1, 0.15) is 47.0 Å². The van der Waals surface area contributed by atoms with E-state index in [9.17, 15) is 9.59 Å². The monoisotopic (exact) mass is 375 g/mol. The van der Waals surface area contributed by atoms with Crippen LogP contribution in [-0.4, -0.2) is 55.0 Å². The first-order valence-electron chi connectivity index (χ1n) is 9.98. The van der Waals surface area contributed by atoms with E-state index in [0.717, 1.165) is 38.2 Å². The van der Waals surface area contributed by atoms with Crippen LogP contribution in [0.15, 0.2) is 24.3 Å². The van der Waals surface area contributed by atoms with Gasteiger partial charge in [-0.3, -0.25) is 9.59 Å². The molecule has 1 aliphatic heterocycles. The maximum atomic E-state index is 12.7. The standard InChI is InChI=1S/C21H33N3O3/c1-5-23(6-2)15-10-9-14-22-19(25)13-16-24-17-11-7-8-12-18(17)27-21(3,4)20(24)26/h7-8,11-12H,5-6,9-10,13-16H2,1-4H3,(H,22,25). The normalized spacial score (nSPS) is 15.4. The van der Waals surface area contributed by atoms with Crippen LogP contribution in [-0.2, 0) is 9.59 Å². The molecule has 0 bridgehead atoms. The molecule has 0 saturated heterocycles. The van der Waals surface area contributed by atoms with Crippen molar-refractivity contribution in [2.45, 2.75) is 52.6 Å². The maximum absolute atomic E-state index is 12.7. The number of amides is 2. The lowest BCUT2D eigenvalue weighted by molar-refractivity contribution is -0.132. The quantitative estimate of drug-likeness (QED) is 0.639. The molecular weight excluding hydrogens is 342 g/mol. The summed E-state index contributed by atoms with van der Waals surface area (Å²) in [6, 6.07) is 7.46. The molecule has 0 spiro atoms. The second kappa shape index (κ2) is 9.74. The average Bonchev–Trinajstić information content (AvgIpc) is 2.65. The fourth-order valence-electron chi connectivity index (χ4n) is 3.27. The van der Waals surface area contributed by atoms with E-state index in [1.807, 2.05) is 24.3 Å². The number of nitrogens with one attached hydrogen (secondary N) is 1. The van der Waals surface area contributed by atoms with Gasteiger partial charge in [-0.05, 0) is 58.5 Å². The summed E-state index contributed by atoms with van der Waals surface area (Å²) in [5, 5.41) is 2.96. The largest absolute Gasteiger partial charge is 0.476 e. The first-order chi connectivity index (χ1) is 12.9. The molecule has 1 aromatic carbocycles. The number of carbonyl (C=O) groups is 2. The summed E-state index contributed by atoms with van der Waals surface area (Å²) in [6.07, 6.45) is 2.33. The maximum Gasteiger partial charge on any atom is 0.270 e. The number of ether oxygens (including phenoxy) is 1. The number of carbonyl (C=O) groups excluding carboxylic acids is 2. The molecule has 6 nitrogen and oxygen atoms in total. The van der Waals surface area contributed by atoms with E-state index in [1.165, 1.54) is 0 Å². The van der Waals surface area contributed by atoms with E-state index < -0.39 is 5.60 Å². The van der Waals surface area contributed by atoms with E-state index in [-0.39, 0.29) is 18.2 Å². The van der Waals surface area contributed by atoms with Crippen molar-refractivity contribution in [2.24, 2.45) is 0 Å². The summed E-state index contributed by atoms with van der Waals surface area (Å²) in [6.45, 7) is 12.1. The zero-order chi connectivity index (χ0) is 19.9.